The lowest BCUT2D eigenvalue weighted by Gasteiger charge is -2.13. The van der Waals surface area contributed by atoms with E-state index in [2.05, 4.69) is 8.37 Å². The Hall–Kier alpha value is -2.75. The van der Waals surface area contributed by atoms with Crippen LogP contribution in [0.1, 0.15) is 11.1 Å². The van der Waals surface area contributed by atoms with Crippen molar-refractivity contribution in [2.75, 3.05) is 0 Å². The molecule has 8 nitrogen and oxygen atoms in total. The number of carbonyl (C=O) groups excluding carboxylic acids is 2. The second-order valence-electron chi connectivity index (χ2n) is 5.63. The standard InChI is InChI=1S/C18H16O8S/c19-17(23-11-13-7-3-1-4-8-13)15-16(26-27(21,22)25-15)18(20)24-12-14-9-5-2-6-10-14/h1-10,15-16H,11-12H2/t15-,16-/m1/s1. The van der Waals surface area contributed by atoms with Gasteiger partial charge in [-0.15, -0.1) is 0 Å². The first-order valence-corrected chi connectivity index (χ1v) is 9.30. The average Bonchev–Trinajstić information content (AvgIpc) is 3.01. The van der Waals surface area contributed by atoms with Crippen LogP contribution in [-0.2, 0) is 51.0 Å². The molecule has 1 fully saturated rings. The second kappa shape index (κ2) is 8.30. The number of esters is 2. The highest BCUT2D eigenvalue weighted by molar-refractivity contribution is 7.82. The van der Waals surface area contributed by atoms with E-state index in [1.54, 1.807) is 60.7 Å². The molecule has 0 aliphatic carbocycles. The van der Waals surface area contributed by atoms with Crippen molar-refractivity contribution in [3.8, 4) is 0 Å². The number of benzene rings is 2. The molecule has 2 aromatic carbocycles. The molecular formula is C18H16O8S. The van der Waals surface area contributed by atoms with Crippen LogP contribution in [0, 0.1) is 0 Å². The highest BCUT2D eigenvalue weighted by atomic mass is 32.3. The minimum absolute atomic E-state index is 0.106. The number of ether oxygens (including phenoxy) is 2. The van der Waals surface area contributed by atoms with E-state index in [1.165, 1.54) is 0 Å². The van der Waals surface area contributed by atoms with Crippen molar-refractivity contribution in [2.45, 2.75) is 25.4 Å². The van der Waals surface area contributed by atoms with E-state index in [4.69, 9.17) is 9.47 Å². The number of rotatable bonds is 6. The molecule has 27 heavy (non-hydrogen) atoms. The number of hydrogen-bond acceptors (Lipinski definition) is 8. The Morgan fingerprint density at radius 1 is 0.741 bits per heavy atom. The van der Waals surface area contributed by atoms with Crippen LogP contribution in [0.4, 0.5) is 0 Å². The maximum atomic E-state index is 12.2. The summed E-state index contributed by atoms with van der Waals surface area (Å²) in [6.07, 6.45) is -3.52. The van der Waals surface area contributed by atoms with Gasteiger partial charge in [-0.05, 0) is 11.1 Å². The summed E-state index contributed by atoms with van der Waals surface area (Å²) in [6, 6.07) is 17.5. The van der Waals surface area contributed by atoms with E-state index in [-0.39, 0.29) is 13.2 Å². The first-order valence-electron chi connectivity index (χ1n) is 7.97. The summed E-state index contributed by atoms with van der Waals surface area (Å²) >= 11 is 0. The molecule has 0 radical (unpaired) electrons. The van der Waals surface area contributed by atoms with Crippen molar-refractivity contribution < 1.29 is 35.8 Å². The molecule has 0 aromatic heterocycles. The lowest BCUT2D eigenvalue weighted by atomic mass is 10.2. The van der Waals surface area contributed by atoms with Gasteiger partial charge < -0.3 is 9.47 Å². The van der Waals surface area contributed by atoms with Crippen molar-refractivity contribution >= 4 is 22.3 Å². The van der Waals surface area contributed by atoms with Gasteiger partial charge in [-0.25, -0.2) is 18.0 Å². The summed E-state index contributed by atoms with van der Waals surface area (Å²) in [5.41, 5.74) is 1.38. The van der Waals surface area contributed by atoms with Crippen molar-refractivity contribution in [2.24, 2.45) is 0 Å². The van der Waals surface area contributed by atoms with Crippen molar-refractivity contribution in [3.05, 3.63) is 71.8 Å². The molecule has 0 unspecified atom stereocenters. The number of hydrogen-bond donors (Lipinski definition) is 0. The Morgan fingerprint density at radius 3 is 1.48 bits per heavy atom. The lowest BCUT2D eigenvalue weighted by Crippen LogP contribution is -2.39. The minimum Gasteiger partial charge on any atom is -0.459 e. The molecule has 2 aromatic rings. The average molecular weight is 392 g/mol. The molecule has 0 saturated carbocycles. The SMILES string of the molecule is O=C(OCc1ccccc1)[C@@H]1OS(=O)(=O)O[C@H]1C(=O)OCc1ccccc1. The normalized spacial score (nSPS) is 20.7. The molecule has 3 rings (SSSR count). The van der Waals surface area contributed by atoms with Gasteiger partial charge >= 0.3 is 22.3 Å². The van der Waals surface area contributed by atoms with Crippen LogP contribution >= 0.6 is 0 Å². The first-order chi connectivity index (χ1) is 12.9. The summed E-state index contributed by atoms with van der Waals surface area (Å²) < 4.78 is 42.3. The van der Waals surface area contributed by atoms with Crippen LogP contribution in [0.2, 0.25) is 0 Å². The van der Waals surface area contributed by atoms with E-state index in [1.807, 2.05) is 0 Å². The van der Waals surface area contributed by atoms with Crippen LogP contribution in [0.3, 0.4) is 0 Å². The third-order valence-corrected chi connectivity index (χ3v) is 4.52. The van der Waals surface area contributed by atoms with Crippen LogP contribution in [0.5, 0.6) is 0 Å². The summed E-state index contributed by atoms with van der Waals surface area (Å²) in [6.45, 7) is -0.212. The van der Waals surface area contributed by atoms with E-state index >= 15 is 0 Å². The highest BCUT2D eigenvalue weighted by Gasteiger charge is 2.50. The number of carbonyl (C=O) groups is 2. The first kappa shape index (κ1) is 19.0. The summed E-state index contributed by atoms with van der Waals surface area (Å²) in [5.74, 6) is -2.08. The fourth-order valence-corrected chi connectivity index (χ4v) is 3.24. The van der Waals surface area contributed by atoms with Gasteiger partial charge in [-0.3, -0.25) is 0 Å². The fraction of sp³-hybridized carbons (Fsp3) is 0.222. The Morgan fingerprint density at radius 2 is 1.11 bits per heavy atom. The van der Waals surface area contributed by atoms with Crippen molar-refractivity contribution in [3.63, 3.8) is 0 Å². The molecule has 1 heterocycles. The zero-order chi connectivity index (χ0) is 19.3. The van der Waals surface area contributed by atoms with Gasteiger partial charge in [0, 0.05) is 0 Å². The maximum Gasteiger partial charge on any atom is 0.401 e. The third kappa shape index (κ3) is 5.13. The molecule has 0 N–H and O–H groups in total. The monoisotopic (exact) mass is 392 g/mol. The van der Waals surface area contributed by atoms with Crippen LogP contribution in [0.25, 0.3) is 0 Å². The van der Waals surface area contributed by atoms with Crippen molar-refractivity contribution in [1.82, 2.24) is 0 Å². The van der Waals surface area contributed by atoms with Crippen LogP contribution in [-0.4, -0.2) is 32.6 Å². The van der Waals surface area contributed by atoms with Gasteiger partial charge in [0.05, 0.1) is 0 Å². The van der Waals surface area contributed by atoms with Gasteiger partial charge in [0.2, 0.25) is 12.2 Å². The lowest BCUT2D eigenvalue weighted by molar-refractivity contribution is -0.165. The highest BCUT2D eigenvalue weighted by Crippen LogP contribution is 2.24. The zero-order valence-electron chi connectivity index (χ0n) is 14.0. The molecule has 1 aliphatic rings. The van der Waals surface area contributed by atoms with Gasteiger partial charge in [0.25, 0.3) is 0 Å². The molecule has 9 heteroatoms. The van der Waals surface area contributed by atoms with Crippen LogP contribution in [0.15, 0.2) is 60.7 Å². The fourth-order valence-electron chi connectivity index (χ4n) is 2.32. The molecule has 1 aliphatic heterocycles. The molecule has 0 amide bonds. The van der Waals surface area contributed by atoms with Crippen LogP contribution < -0.4 is 0 Å². The zero-order valence-corrected chi connectivity index (χ0v) is 14.8. The molecular weight excluding hydrogens is 376 g/mol. The Labute approximate surface area is 155 Å². The largest absolute Gasteiger partial charge is 0.459 e. The van der Waals surface area contributed by atoms with Gasteiger partial charge in [0.15, 0.2) is 0 Å². The summed E-state index contributed by atoms with van der Waals surface area (Å²) in [5, 5.41) is 0. The van der Waals surface area contributed by atoms with E-state index in [0.717, 1.165) is 0 Å². The van der Waals surface area contributed by atoms with E-state index in [0.29, 0.717) is 11.1 Å². The smallest absolute Gasteiger partial charge is 0.401 e. The topological polar surface area (TPSA) is 105 Å². The second-order valence-corrected chi connectivity index (χ2v) is 6.83. The molecule has 2 atom stereocenters. The summed E-state index contributed by atoms with van der Waals surface area (Å²) in [7, 11) is -4.50. The van der Waals surface area contributed by atoms with Crippen molar-refractivity contribution in [1.29, 1.82) is 0 Å². The molecule has 0 bridgehead atoms. The molecule has 1 saturated heterocycles. The van der Waals surface area contributed by atoms with E-state index in [9.17, 15) is 18.0 Å². The maximum absolute atomic E-state index is 12.2. The third-order valence-electron chi connectivity index (χ3n) is 3.63. The van der Waals surface area contributed by atoms with Gasteiger partial charge in [-0.1, -0.05) is 60.7 Å². The minimum atomic E-state index is -4.50. The quantitative estimate of drug-likeness (QED) is 0.681. The molecule has 0 spiro atoms. The predicted octanol–water partition coefficient (Wildman–Crippen LogP) is 1.50. The Kier molecular flexibility index (Phi) is 5.84. The Balaban J connectivity index is 1.63. The van der Waals surface area contributed by atoms with E-state index < -0.39 is 34.5 Å². The predicted molar refractivity (Wildman–Crippen MR) is 91.1 cm³/mol. The van der Waals surface area contributed by atoms with Gasteiger partial charge in [-0.2, -0.15) is 8.42 Å². The Bertz CT molecular complexity index is 826. The summed E-state index contributed by atoms with van der Waals surface area (Å²) in [4.78, 5) is 24.4. The van der Waals surface area contributed by atoms with Gasteiger partial charge in [0.1, 0.15) is 13.2 Å². The molecule has 142 valence electrons.